The minimum Gasteiger partial charge on any atom is -0.497 e. The van der Waals surface area contributed by atoms with Crippen molar-refractivity contribution in [2.24, 2.45) is 0 Å². The van der Waals surface area contributed by atoms with E-state index < -0.39 is 10.0 Å². The lowest BCUT2D eigenvalue weighted by Crippen LogP contribution is -2.28. The smallest absolute Gasteiger partial charge is 0.258 e. The van der Waals surface area contributed by atoms with E-state index in [0.29, 0.717) is 29.3 Å². The first-order chi connectivity index (χ1) is 15.8. The second-order valence-corrected chi connectivity index (χ2v) is 9.69. The van der Waals surface area contributed by atoms with Crippen molar-refractivity contribution in [1.82, 2.24) is 4.72 Å². The van der Waals surface area contributed by atoms with Gasteiger partial charge < -0.3 is 14.4 Å². The number of carbonyl (C=O) groups excluding carboxylic acids is 1. The van der Waals surface area contributed by atoms with E-state index in [9.17, 15) is 13.2 Å². The van der Waals surface area contributed by atoms with Crippen LogP contribution in [0.4, 0.5) is 5.69 Å². The SMILES string of the molecule is COc1ccc(OC)c(S(=O)(=O)NCc2ccc3c(c2)CCN3C(=O)c2ccc(Cl)cc2)c1. The molecule has 1 aliphatic heterocycles. The van der Waals surface area contributed by atoms with Crippen LogP contribution in [0.5, 0.6) is 11.5 Å². The Balaban J connectivity index is 1.50. The highest BCUT2D eigenvalue weighted by Crippen LogP contribution is 2.31. The molecule has 0 aliphatic carbocycles. The van der Waals surface area contributed by atoms with Crippen LogP contribution in [0.15, 0.2) is 65.6 Å². The molecule has 0 radical (unpaired) electrons. The van der Waals surface area contributed by atoms with E-state index in [-0.39, 0.29) is 23.1 Å². The monoisotopic (exact) mass is 486 g/mol. The summed E-state index contributed by atoms with van der Waals surface area (Å²) in [5.41, 5.74) is 3.18. The van der Waals surface area contributed by atoms with Crippen LogP contribution in [0.25, 0.3) is 0 Å². The number of fused-ring (bicyclic) bond motifs is 1. The average molecular weight is 487 g/mol. The first-order valence-electron chi connectivity index (χ1n) is 10.2. The summed E-state index contributed by atoms with van der Waals surface area (Å²) in [5, 5.41) is 0.576. The van der Waals surface area contributed by atoms with Crippen LogP contribution < -0.4 is 19.1 Å². The maximum absolute atomic E-state index is 12.9. The molecule has 0 aromatic heterocycles. The van der Waals surface area contributed by atoms with E-state index in [1.54, 1.807) is 41.3 Å². The molecule has 172 valence electrons. The molecule has 1 amide bonds. The minimum absolute atomic E-state index is 0.00486. The lowest BCUT2D eigenvalue weighted by molar-refractivity contribution is 0.0989. The topological polar surface area (TPSA) is 84.9 Å². The van der Waals surface area contributed by atoms with Crippen LogP contribution in [0.1, 0.15) is 21.5 Å². The van der Waals surface area contributed by atoms with Gasteiger partial charge in [0.25, 0.3) is 5.91 Å². The van der Waals surface area contributed by atoms with Gasteiger partial charge in [0.1, 0.15) is 16.4 Å². The van der Waals surface area contributed by atoms with Crippen molar-refractivity contribution >= 4 is 33.2 Å². The fraction of sp³-hybridized carbons (Fsp3) is 0.208. The maximum Gasteiger partial charge on any atom is 0.258 e. The third-order valence-corrected chi connectivity index (χ3v) is 7.18. The van der Waals surface area contributed by atoms with Gasteiger partial charge in [0.2, 0.25) is 10.0 Å². The van der Waals surface area contributed by atoms with Gasteiger partial charge in [-0.05, 0) is 60.0 Å². The number of halogens is 1. The summed E-state index contributed by atoms with van der Waals surface area (Å²) in [4.78, 5) is 14.6. The number of hydrogen-bond donors (Lipinski definition) is 1. The Labute approximate surface area is 197 Å². The molecule has 33 heavy (non-hydrogen) atoms. The van der Waals surface area contributed by atoms with Crippen LogP contribution in [0.2, 0.25) is 5.02 Å². The molecule has 0 bridgehead atoms. The molecule has 9 heteroatoms. The highest BCUT2D eigenvalue weighted by molar-refractivity contribution is 7.89. The largest absolute Gasteiger partial charge is 0.497 e. The van der Waals surface area contributed by atoms with Crippen molar-refractivity contribution in [1.29, 1.82) is 0 Å². The number of methoxy groups -OCH3 is 2. The first-order valence-corrected chi connectivity index (χ1v) is 12.1. The predicted octanol–water partition coefficient (Wildman–Crippen LogP) is 4.04. The summed E-state index contributed by atoms with van der Waals surface area (Å²) in [7, 11) is -0.958. The summed E-state index contributed by atoms with van der Waals surface area (Å²) < 4.78 is 38.8. The van der Waals surface area contributed by atoms with Crippen LogP contribution in [0, 0.1) is 0 Å². The van der Waals surface area contributed by atoms with Crippen LogP contribution >= 0.6 is 11.6 Å². The Kier molecular flexibility index (Phi) is 6.60. The summed E-state index contributed by atoms with van der Waals surface area (Å²) in [5.74, 6) is 0.553. The van der Waals surface area contributed by atoms with E-state index >= 15 is 0 Å². The number of hydrogen-bond acceptors (Lipinski definition) is 5. The Morgan fingerprint density at radius 3 is 2.48 bits per heavy atom. The number of carbonyl (C=O) groups is 1. The van der Waals surface area contributed by atoms with Gasteiger partial charge in [-0.3, -0.25) is 4.79 Å². The summed E-state index contributed by atoms with van der Waals surface area (Å²) in [6.45, 7) is 0.661. The standard InChI is InChI=1S/C24H23ClN2O5S/c1-31-20-8-10-22(32-2)23(14-20)33(29,30)26-15-16-3-9-21-18(13-16)11-12-27(21)24(28)17-4-6-19(25)7-5-17/h3-10,13-14,26H,11-12,15H2,1-2H3. The second kappa shape index (κ2) is 9.43. The van der Waals surface area contributed by atoms with Crippen LogP contribution in [0.3, 0.4) is 0 Å². The molecule has 0 saturated carbocycles. The van der Waals surface area contributed by atoms with Crippen molar-refractivity contribution < 1.29 is 22.7 Å². The number of rotatable bonds is 7. The molecule has 4 rings (SSSR count). The molecule has 7 nitrogen and oxygen atoms in total. The second-order valence-electron chi connectivity index (χ2n) is 7.52. The third kappa shape index (κ3) is 4.83. The molecule has 0 atom stereocenters. The lowest BCUT2D eigenvalue weighted by atomic mass is 10.1. The summed E-state index contributed by atoms with van der Waals surface area (Å²) in [6.07, 6.45) is 0.693. The summed E-state index contributed by atoms with van der Waals surface area (Å²) in [6, 6.07) is 17.0. The van der Waals surface area contributed by atoms with Crippen molar-refractivity contribution in [2.75, 3.05) is 25.7 Å². The van der Waals surface area contributed by atoms with E-state index in [1.165, 1.54) is 20.3 Å². The molecule has 1 aliphatic rings. The molecular formula is C24H23ClN2O5S. The van der Waals surface area contributed by atoms with Gasteiger partial charge in [0.05, 0.1) is 14.2 Å². The molecule has 1 N–H and O–H groups in total. The van der Waals surface area contributed by atoms with Crippen molar-refractivity contribution in [3.8, 4) is 11.5 Å². The fourth-order valence-corrected chi connectivity index (χ4v) is 5.10. The van der Waals surface area contributed by atoms with Crippen LogP contribution in [-0.2, 0) is 23.0 Å². The lowest BCUT2D eigenvalue weighted by Gasteiger charge is -2.18. The van der Waals surface area contributed by atoms with Crippen molar-refractivity contribution in [2.45, 2.75) is 17.9 Å². The molecule has 3 aromatic rings. The van der Waals surface area contributed by atoms with E-state index in [1.807, 2.05) is 18.2 Å². The van der Waals surface area contributed by atoms with Crippen molar-refractivity contribution in [3.05, 3.63) is 82.4 Å². The highest BCUT2D eigenvalue weighted by atomic mass is 35.5. The van der Waals surface area contributed by atoms with Gasteiger partial charge in [-0.1, -0.05) is 23.7 Å². The molecule has 0 fully saturated rings. The van der Waals surface area contributed by atoms with Gasteiger partial charge >= 0.3 is 0 Å². The first kappa shape index (κ1) is 23.1. The molecular weight excluding hydrogens is 464 g/mol. The average Bonchev–Trinajstić information content (AvgIpc) is 3.25. The van der Waals surface area contributed by atoms with E-state index in [2.05, 4.69) is 4.72 Å². The summed E-state index contributed by atoms with van der Waals surface area (Å²) >= 11 is 5.92. The van der Waals surface area contributed by atoms with Gasteiger partial charge in [0.15, 0.2) is 0 Å². The van der Waals surface area contributed by atoms with E-state index in [4.69, 9.17) is 21.1 Å². The number of benzene rings is 3. The fourth-order valence-electron chi connectivity index (χ4n) is 3.77. The number of amides is 1. The van der Waals surface area contributed by atoms with Gasteiger partial charge in [0, 0.05) is 35.4 Å². The van der Waals surface area contributed by atoms with Gasteiger partial charge in [-0.2, -0.15) is 0 Å². The highest BCUT2D eigenvalue weighted by Gasteiger charge is 2.26. The number of anilines is 1. The zero-order valence-electron chi connectivity index (χ0n) is 18.2. The predicted molar refractivity (Wildman–Crippen MR) is 127 cm³/mol. The minimum atomic E-state index is -3.84. The quantitative estimate of drug-likeness (QED) is 0.545. The Hall–Kier alpha value is -3.07. The molecule has 0 unspecified atom stereocenters. The number of sulfonamides is 1. The maximum atomic E-state index is 12.9. The third-order valence-electron chi connectivity index (χ3n) is 5.50. The van der Waals surface area contributed by atoms with Gasteiger partial charge in [-0.15, -0.1) is 0 Å². The Morgan fingerprint density at radius 2 is 1.79 bits per heavy atom. The number of nitrogens with zero attached hydrogens (tertiary/aromatic N) is 1. The molecule has 0 spiro atoms. The van der Waals surface area contributed by atoms with E-state index in [0.717, 1.165) is 16.8 Å². The van der Waals surface area contributed by atoms with Crippen LogP contribution in [-0.4, -0.2) is 35.1 Å². The zero-order valence-corrected chi connectivity index (χ0v) is 19.7. The Bertz CT molecular complexity index is 1290. The molecule has 0 saturated heterocycles. The van der Waals surface area contributed by atoms with Crippen molar-refractivity contribution in [3.63, 3.8) is 0 Å². The number of ether oxygens (including phenoxy) is 2. The molecule has 1 heterocycles. The Morgan fingerprint density at radius 1 is 1.03 bits per heavy atom. The normalized spacial score (nSPS) is 13.0. The number of nitrogens with one attached hydrogen (secondary N) is 1. The zero-order chi connectivity index (χ0) is 23.6. The molecule has 3 aromatic carbocycles. The van der Waals surface area contributed by atoms with Gasteiger partial charge in [-0.25, -0.2) is 13.1 Å².